The van der Waals surface area contributed by atoms with Gasteiger partial charge < -0.3 is 5.11 Å². The van der Waals surface area contributed by atoms with Crippen molar-refractivity contribution in [1.29, 1.82) is 0 Å². The standard InChI is InChI=1S/C13H12ClNO/c1-9-11(14)7-8-15-12(9)13(16)10-5-3-2-4-6-10/h2-8,13,16H,1H3. The second-order valence-corrected chi connectivity index (χ2v) is 4.02. The molecule has 0 aliphatic rings. The first-order valence-electron chi connectivity index (χ1n) is 5.04. The Morgan fingerprint density at radius 2 is 1.88 bits per heavy atom. The molecule has 0 amide bonds. The van der Waals surface area contributed by atoms with Crippen LogP contribution >= 0.6 is 11.6 Å². The van der Waals surface area contributed by atoms with E-state index in [1.165, 1.54) is 0 Å². The zero-order chi connectivity index (χ0) is 11.5. The number of hydrogen-bond acceptors (Lipinski definition) is 2. The maximum atomic E-state index is 10.2. The van der Waals surface area contributed by atoms with Crippen molar-refractivity contribution in [1.82, 2.24) is 4.98 Å². The molecule has 0 saturated carbocycles. The first kappa shape index (κ1) is 11.1. The molecule has 2 nitrogen and oxygen atoms in total. The average Bonchev–Trinajstić information content (AvgIpc) is 2.33. The van der Waals surface area contributed by atoms with Crippen LogP contribution in [0.25, 0.3) is 0 Å². The van der Waals surface area contributed by atoms with E-state index < -0.39 is 6.10 Å². The molecule has 3 heteroatoms. The number of halogens is 1. The maximum absolute atomic E-state index is 10.2. The lowest BCUT2D eigenvalue weighted by atomic mass is 10.0. The van der Waals surface area contributed by atoms with E-state index in [2.05, 4.69) is 4.98 Å². The summed E-state index contributed by atoms with van der Waals surface area (Å²) in [6, 6.07) is 11.1. The third-order valence-corrected chi connectivity index (χ3v) is 2.96. The maximum Gasteiger partial charge on any atom is 0.121 e. The first-order chi connectivity index (χ1) is 7.70. The third-order valence-electron chi connectivity index (χ3n) is 2.55. The van der Waals surface area contributed by atoms with E-state index in [4.69, 9.17) is 11.6 Å². The van der Waals surface area contributed by atoms with Gasteiger partial charge in [-0.3, -0.25) is 4.98 Å². The van der Waals surface area contributed by atoms with Crippen LogP contribution in [0.5, 0.6) is 0 Å². The predicted octanol–water partition coefficient (Wildman–Crippen LogP) is 3.13. The van der Waals surface area contributed by atoms with Crippen LogP contribution in [0.1, 0.15) is 22.9 Å². The molecule has 1 atom stereocenters. The SMILES string of the molecule is Cc1c(Cl)ccnc1C(O)c1ccccc1. The summed E-state index contributed by atoms with van der Waals surface area (Å²) in [5.41, 5.74) is 2.25. The lowest BCUT2D eigenvalue weighted by molar-refractivity contribution is 0.214. The normalized spacial score (nSPS) is 12.4. The van der Waals surface area contributed by atoms with Gasteiger partial charge in [0.1, 0.15) is 6.10 Å². The van der Waals surface area contributed by atoms with Crippen molar-refractivity contribution in [3.05, 3.63) is 64.4 Å². The number of hydrogen-bond donors (Lipinski definition) is 1. The van der Waals surface area contributed by atoms with Crippen LogP contribution in [0, 0.1) is 6.92 Å². The summed E-state index contributed by atoms with van der Waals surface area (Å²) in [4.78, 5) is 4.18. The van der Waals surface area contributed by atoms with Crippen LogP contribution < -0.4 is 0 Å². The van der Waals surface area contributed by atoms with Gasteiger partial charge in [-0.1, -0.05) is 41.9 Å². The molecule has 2 rings (SSSR count). The fourth-order valence-electron chi connectivity index (χ4n) is 1.60. The Balaban J connectivity index is 2.42. The van der Waals surface area contributed by atoms with Crippen molar-refractivity contribution in [2.24, 2.45) is 0 Å². The highest BCUT2D eigenvalue weighted by atomic mass is 35.5. The number of pyridine rings is 1. The summed E-state index contributed by atoms with van der Waals surface area (Å²) in [6.45, 7) is 1.86. The monoisotopic (exact) mass is 233 g/mol. The van der Waals surface area contributed by atoms with Crippen molar-refractivity contribution >= 4 is 11.6 Å². The van der Waals surface area contributed by atoms with Crippen LogP contribution in [-0.4, -0.2) is 10.1 Å². The zero-order valence-corrected chi connectivity index (χ0v) is 9.65. The average molecular weight is 234 g/mol. The summed E-state index contributed by atoms with van der Waals surface area (Å²) in [7, 11) is 0. The van der Waals surface area contributed by atoms with E-state index in [1.54, 1.807) is 12.3 Å². The topological polar surface area (TPSA) is 33.1 Å². The largest absolute Gasteiger partial charge is 0.382 e. The number of rotatable bonds is 2. The van der Waals surface area contributed by atoms with Crippen molar-refractivity contribution in [3.63, 3.8) is 0 Å². The third kappa shape index (κ3) is 2.08. The fraction of sp³-hybridized carbons (Fsp3) is 0.154. The number of aromatic nitrogens is 1. The van der Waals surface area contributed by atoms with Gasteiger partial charge >= 0.3 is 0 Å². The van der Waals surface area contributed by atoms with E-state index >= 15 is 0 Å². The lowest BCUT2D eigenvalue weighted by Crippen LogP contribution is -2.04. The van der Waals surface area contributed by atoms with Crippen LogP contribution in [0.15, 0.2) is 42.6 Å². The summed E-state index contributed by atoms with van der Waals surface area (Å²) >= 11 is 5.99. The molecule has 16 heavy (non-hydrogen) atoms. The van der Waals surface area contributed by atoms with Gasteiger partial charge in [-0.2, -0.15) is 0 Å². The minimum absolute atomic E-state index is 0.610. The Morgan fingerprint density at radius 3 is 2.56 bits per heavy atom. The molecule has 0 aliphatic heterocycles. The molecule has 0 aliphatic carbocycles. The number of aliphatic hydroxyl groups excluding tert-OH is 1. The fourth-order valence-corrected chi connectivity index (χ4v) is 1.75. The van der Waals surface area contributed by atoms with Crippen LogP contribution in [0.4, 0.5) is 0 Å². The molecular weight excluding hydrogens is 222 g/mol. The van der Waals surface area contributed by atoms with Gasteiger partial charge in [-0.25, -0.2) is 0 Å². The van der Waals surface area contributed by atoms with Crippen LogP contribution in [-0.2, 0) is 0 Å². The van der Waals surface area contributed by atoms with Gasteiger partial charge in [0.25, 0.3) is 0 Å². The molecular formula is C13H12ClNO. The second-order valence-electron chi connectivity index (χ2n) is 3.62. The van der Waals surface area contributed by atoms with Crippen LogP contribution in [0.3, 0.4) is 0 Å². The quantitative estimate of drug-likeness (QED) is 0.865. The molecule has 0 fully saturated rings. The highest BCUT2D eigenvalue weighted by Crippen LogP contribution is 2.26. The Hall–Kier alpha value is -1.38. The molecule has 0 saturated heterocycles. The molecule has 1 aromatic heterocycles. The zero-order valence-electron chi connectivity index (χ0n) is 8.89. The molecule has 1 heterocycles. The Kier molecular flexibility index (Phi) is 3.22. The Labute approximate surface area is 99.5 Å². The molecule has 0 radical (unpaired) electrons. The van der Waals surface area contributed by atoms with Gasteiger partial charge in [0.05, 0.1) is 5.69 Å². The highest BCUT2D eigenvalue weighted by Gasteiger charge is 2.15. The number of nitrogens with zero attached hydrogens (tertiary/aromatic N) is 1. The molecule has 1 unspecified atom stereocenters. The summed E-state index contributed by atoms with van der Waals surface area (Å²) in [5, 5.41) is 10.8. The van der Waals surface area contributed by atoms with Crippen molar-refractivity contribution in [2.45, 2.75) is 13.0 Å². The summed E-state index contributed by atoms with van der Waals surface area (Å²) in [5.74, 6) is 0. The van der Waals surface area contributed by atoms with Gasteiger partial charge in [-0.15, -0.1) is 0 Å². The predicted molar refractivity (Wildman–Crippen MR) is 64.5 cm³/mol. The number of aliphatic hydroxyl groups is 1. The molecule has 0 bridgehead atoms. The second kappa shape index (κ2) is 4.64. The number of benzene rings is 1. The van der Waals surface area contributed by atoms with E-state index in [-0.39, 0.29) is 0 Å². The van der Waals surface area contributed by atoms with Crippen molar-refractivity contribution in [2.75, 3.05) is 0 Å². The first-order valence-corrected chi connectivity index (χ1v) is 5.42. The molecule has 0 spiro atoms. The van der Waals surface area contributed by atoms with E-state index in [0.29, 0.717) is 10.7 Å². The van der Waals surface area contributed by atoms with Crippen molar-refractivity contribution in [3.8, 4) is 0 Å². The summed E-state index contributed by atoms with van der Waals surface area (Å²) < 4.78 is 0. The minimum Gasteiger partial charge on any atom is -0.382 e. The van der Waals surface area contributed by atoms with Crippen LogP contribution in [0.2, 0.25) is 5.02 Å². The molecule has 1 aromatic carbocycles. The summed E-state index contributed by atoms with van der Waals surface area (Å²) in [6.07, 6.45) is 0.886. The van der Waals surface area contributed by atoms with Gasteiger partial charge in [0.15, 0.2) is 0 Å². The molecule has 82 valence electrons. The van der Waals surface area contributed by atoms with Gasteiger partial charge in [0.2, 0.25) is 0 Å². The van der Waals surface area contributed by atoms with Gasteiger partial charge in [0, 0.05) is 11.2 Å². The molecule has 2 aromatic rings. The smallest absolute Gasteiger partial charge is 0.121 e. The Morgan fingerprint density at radius 1 is 1.19 bits per heavy atom. The lowest BCUT2D eigenvalue weighted by Gasteiger charge is -2.13. The van der Waals surface area contributed by atoms with Crippen molar-refractivity contribution < 1.29 is 5.11 Å². The van der Waals surface area contributed by atoms with E-state index in [0.717, 1.165) is 11.1 Å². The highest BCUT2D eigenvalue weighted by molar-refractivity contribution is 6.31. The van der Waals surface area contributed by atoms with E-state index in [1.807, 2.05) is 37.3 Å². The molecule has 1 N–H and O–H groups in total. The Bertz CT molecular complexity index is 485. The van der Waals surface area contributed by atoms with Gasteiger partial charge in [-0.05, 0) is 24.1 Å². The van der Waals surface area contributed by atoms with E-state index in [9.17, 15) is 5.11 Å². The minimum atomic E-state index is -0.722.